The summed E-state index contributed by atoms with van der Waals surface area (Å²) in [7, 11) is -3.99. The Kier molecular flexibility index (Phi) is 5.28. The highest BCUT2D eigenvalue weighted by molar-refractivity contribution is 7.93. The Morgan fingerprint density at radius 3 is 2.27 bits per heavy atom. The maximum Gasteiger partial charge on any atom is 0.246 e. The van der Waals surface area contributed by atoms with Gasteiger partial charge in [-0.1, -0.05) is 42.1 Å². The minimum absolute atomic E-state index is 0.0190. The van der Waals surface area contributed by atoms with Crippen LogP contribution in [0.2, 0.25) is 10.0 Å². The van der Waals surface area contributed by atoms with Crippen LogP contribution in [0.4, 0.5) is 10.1 Å². The molecule has 2 aromatic carbocycles. The Labute approximate surface area is 161 Å². The van der Waals surface area contributed by atoms with Gasteiger partial charge in [0.15, 0.2) is 20.4 Å². The van der Waals surface area contributed by atoms with Crippen LogP contribution in [0.5, 0.6) is 0 Å². The van der Waals surface area contributed by atoms with Crippen molar-refractivity contribution in [1.82, 2.24) is 0 Å². The first-order valence-corrected chi connectivity index (χ1v) is 10.3. The monoisotopic (exact) mass is 415 g/mol. The number of nitrogens with one attached hydrogen (secondary N) is 1. The number of hydrogen-bond donors (Lipinski definition) is 1. The Hall–Kier alpha value is -1.63. The first-order valence-electron chi connectivity index (χ1n) is 8.04. The van der Waals surface area contributed by atoms with E-state index >= 15 is 0 Å². The van der Waals surface area contributed by atoms with Crippen LogP contribution in [0.25, 0.3) is 0 Å². The van der Waals surface area contributed by atoms with E-state index in [0.29, 0.717) is 17.9 Å². The fourth-order valence-electron chi connectivity index (χ4n) is 3.24. The van der Waals surface area contributed by atoms with Crippen molar-refractivity contribution in [2.75, 3.05) is 5.32 Å². The van der Waals surface area contributed by atoms with E-state index in [1.165, 1.54) is 42.5 Å². The average Bonchev–Trinajstić information content (AvgIpc) is 3.11. The molecule has 1 fully saturated rings. The zero-order valence-electron chi connectivity index (χ0n) is 13.6. The number of halogens is 3. The molecule has 0 saturated heterocycles. The summed E-state index contributed by atoms with van der Waals surface area (Å²) >= 11 is 11.6. The molecule has 0 atom stereocenters. The zero-order chi connectivity index (χ0) is 18.9. The second-order valence-electron chi connectivity index (χ2n) is 6.21. The van der Waals surface area contributed by atoms with E-state index in [4.69, 9.17) is 23.2 Å². The zero-order valence-corrected chi connectivity index (χ0v) is 16.0. The number of benzene rings is 2. The van der Waals surface area contributed by atoms with Gasteiger partial charge in [-0.05, 0) is 49.2 Å². The molecule has 2 aromatic rings. The predicted molar refractivity (Wildman–Crippen MR) is 99.9 cm³/mol. The molecule has 0 unspecified atom stereocenters. The van der Waals surface area contributed by atoms with Crippen LogP contribution in [0.3, 0.4) is 0 Å². The molecule has 8 heteroatoms. The van der Waals surface area contributed by atoms with E-state index in [0.717, 1.165) is 0 Å². The van der Waals surface area contributed by atoms with E-state index in [-0.39, 0.29) is 28.4 Å². The highest BCUT2D eigenvalue weighted by Gasteiger charge is 2.53. The standard InChI is InChI=1S/C18H16Cl2FNO3S/c19-12-6-8-13(9-7-12)26(24,25)18(10-1-2-11-18)17(23)22-15-5-3-4-14(20)16(15)21/h3-9H,1-2,10-11H2,(H,22,23). The number of carbonyl (C=O) groups excluding carboxylic acids is 1. The number of rotatable bonds is 4. The summed E-state index contributed by atoms with van der Waals surface area (Å²) in [4.78, 5) is 13.0. The second-order valence-corrected chi connectivity index (χ2v) is 9.32. The molecule has 0 bridgehead atoms. The summed E-state index contributed by atoms with van der Waals surface area (Å²) < 4.78 is 38.9. The van der Waals surface area contributed by atoms with E-state index in [1.807, 2.05) is 0 Å². The van der Waals surface area contributed by atoms with Crippen LogP contribution >= 0.6 is 23.2 Å². The molecule has 0 heterocycles. The molecule has 0 aliphatic heterocycles. The predicted octanol–water partition coefficient (Wildman–Crippen LogP) is 4.86. The molecule has 3 rings (SSSR count). The van der Waals surface area contributed by atoms with Crippen LogP contribution in [-0.4, -0.2) is 19.1 Å². The van der Waals surface area contributed by atoms with Gasteiger partial charge in [0.2, 0.25) is 5.91 Å². The summed E-state index contributed by atoms with van der Waals surface area (Å²) in [6.07, 6.45) is 1.54. The van der Waals surface area contributed by atoms with Crippen molar-refractivity contribution in [3.8, 4) is 0 Å². The smallest absolute Gasteiger partial charge is 0.246 e. The summed E-state index contributed by atoms with van der Waals surface area (Å²) in [5.74, 6) is -1.54. The molecule has 0 aromatic heterocycles. The van der Waals surface area contributed by atoms with Gasteiger partial charge in [-0.25, -0.2) is 12.8 Å². The molecule has 1 aliphatic carbocycles. The number of carbonyl (C=O) groups is 1. The van der Waals surface area contributed by atoms with Gasteiger partial charge < -0.3 is 5.32 Å². The van der Waals surface area contributed by atoms with Crippen molar-refractivity contribution in [2.45, 2.75) is 35.3 Å². The molecule has 1 saturated carbocycles. The van der Waals surface area contributed by atoms with Gasteiger partial charge in [0.05, 0.1) is 15.6 Å². The van der Waals surface area contributed by atoms with Gasteiger partial charge in [-0.2, -0.15) is 0 Å². The van der Waals surface area contributed by atoms with Gasteiger partial charge in [-0.15, -0.1) is 0 Å². The quantitative estimate of drug-likeness (QED) is 0.775. The summed E-state index contributed by atoms with van der Waals surface area (Å²) in [6.45, 7) is 0. The average molecular weight is 416 g/mol. The summed E-state index contributed by atoms with van der Waals surface area (Å²) in [6, 6.07) is 9.86. The van der Waals surface area contributed by atoms with E-state index in [1.54, 1.807) is 0 Å². The largest absolute Gasteiger partial charge is 0.322 e. The molecule has 26 heavy (non-hydrogen) atoms. The second kappa shape index (κ2) is 7.18. The van der Waals surface area contributed by atoms with Gasteiger partial charge in [0.1, 0.15) is 0 Å². The number of anilines is 1. The minimum Gasteiger partial charge on any atom is -0.322 e. The topological polar surface area (TPSA) is 63.2 Å². The maximum absolute atomic E-state index is 14.1. The molecular weight excluding hydrogens is 400 g/mol. The Morgan fingerprint density at radius 2 is 1.65 bits per heavy atom. The first kappa shape index (κ1) is 19.1. The third kappa shape index (κ3) is 3.21. The van der Waals surface area contributed by atoms with Gasteiger partial charge in [0, 0.05) is 5.02 Å². The molecule has 1 aliphatic rings. The van der Waals surface area contributed by atoms with Crippen molar-refractivity contribution >= 4 is 44.6 Å². The molecular formula is C18H16Cl2FNO3S. The Balaban J connectivity index is 2.01. The van der Waals surface area contributed by atoms with Crippen molar-refractivity contribution in [3.05, 3.63) is 58.3 Å². The van der Waals surface area contributed by atoms with Gasteiger partial charge in [0.25, 0.3) is 0 Å². The Morgan fingerprint density at radius 1 is 1.04 bits per heavy atom. The van der Waals surface area contributed by atoms with Crippen molar-refractivity contribution in [3.63, 3.8) is 0 Å². The minimum atomic E-state index is -3.99. The number of hydrogen-bond acceptors (Lipinski definition) is 3. The van der Waals surface area contributed by atoms with E-state index in [9.17, 15) is 17.6 Å². The van der Waals surface area contributed by atoms with Crippen molar-refractivity contribution in [2.24, 2.45) is 0 Å². The molecule has 4 nitrogen and oxygen atoms in total. The van der Waals surface area contributed by atoms with Crippen LogP contribution in [0, 0.1) is 5.82 Å². The Bertz CT molecular complexity index is 939. The lowest BCUT2D eigenvalue weighted by Crippen LogP contribution is -2.47. The first-order chi connectivity index (χ1) is 12.3. The number of sulfone groups is 1. The third-order valence-corrected chi connectivity index (χ3v) is 7.72. The van der Waals surface area contributed by atoms with Crippen molar-refractivity contribution in [1.29, 1.82) is 0 Å². The molecule has 0 radical (unpaired) electrons. The molecule has 0 spiro atoms. The highest BCUT2D eigenvalue weighted by atomic mass is 35.5. The van der Waals surface area contributed by atoms with Crippen LogP contribution in [0.1, 0.15) is 25.7 Å². The lowest BCUT2D eigenvalue weighted by atomic mass is 10.1. The molecule has 1 amide bonds. The van der Waals surface area contributed by atoms with E-state index in [2.05, 4.69) is 5.32 Å². The maximum atomic E-state index is 14.1. The summed E-state index contributed by atoms with van der Waals surface area (Å²) in [5, 5.41) is 2.67. The number of amides is 1. The third-order valence-electron chi connectivity index (χ3n) is 4.66. The fourth-order valence-corrected chi connectivity index (χ4v) is 5.61. The lowest BCUT2D eigenvalue weighted by Gasteiger charge is -2.27. The van der Waals surface area contributed by atoms with Crippen molar-refractivity contribution < 1.29 is 17.6 Å². The van der Waals surface area contributed by atoms with Crippen LogP contribution < -0.4 is 5.32 Å². The van der Waals surface area contributed by atoms with Crippen LogP contribution in [-0.2, 0) is 14.6 Å². The SMILES string of the molecule is O=C(Nc1cccc(Cl)c1F)C1(S(=O)(=O)c2ccc(Cl)cc2)CCCC1. The fraction of sp³-hybridized carbons (Fsp3) is 0.278. The van der Waals surface area contributed by atoms with E-state index < -0.39 is 26.3 Å². The summed E-state index contributed by atoms with van der Waals surface area (Å²) in [5.41, 5.74) is -0.139. The molecule has 1 N–H and O–H groups in total. The van der Waals surface area contributed by atoms with Crippen LogP contribution in [0.15, 0.2) is 47.4 Å². The lowest BCUT2D eigenvalue weighted by molar-refractivity contribution is -0.118. The normalized spacial score (nSPS) is 16.4. The highest BCUT2D eigenvalue weighted by Crippen LogP contribution is 2.42. The molecule has 138 valence electrons. The van der Waals surface area contributed by atoms with Gasteiger partial charge in [-0.3, -0.25) is 4.79 Å². The van der Waals surface area contributed by atoms with Gasteiger partial charge >= 0.3 is 0 Å².